The lowest BCUT2D eigenvalue weighted by molar-refractivity contribution is 0.670. The van der Waals surface area contributed by atoms with Crippen LogP contribution in [0.5, 0.6) is 0 Å². The average molecular weight is 604 g/mol. The Labute approximate surface area is 272 Å². The molecule has 2 heterocycles. The lowest BCUT2D eigenvalue weighted by Gasteiger charge is -2.11. The fraction of sp³-hybridized carbons (Fsp3) is 0.0465. The predicted molar refractivity (Wildman–Crippen MR) is 193 cm³/mol. The molecule has 0 unspecified atom stereocenters. The second-order valence-electron chi connectivity index (χ2n) is 11.9. The SMILES string of the molecule is C1=CC(c2ccc(-c3cccc4c3oc3cc(-c5nc(-c6ccccc6)nc(-c6ccccc6)n5)c5ccccc5c34)cc2)=CCC1. The smallest absolute Gasteiger partial charge is 0.164 e. The highest BCUT2D eigenvalue weighted by atomic mass is 16.3. The van der Waals surface area contributed by atoms with E-state index >= 15 is 0 Å². The molecule has 0 atom stereocenters. The molecule has 4 nitrogen and oxygen atoms in total. The van der Waals surface area contributed by atoms with Gasteiger partial charge in [0.15, 0.2) is 17.5 Å². The molecule has 0 saturated carbocycles. The summed E-state index contributed by atoms with van der Waals surface area (Å²) in [5.74, 6) is 1.88. The van der Waals surface area contributed by atoms with Crippen LogP contribution < -0.4 is 0 Å². The summed E-state index contributed by atoms with van der Waals surface area (Å²) in [5.41, 5.74) is 9.18. The van der Waals surface area contributed by atoms with E-state index in [4.69, 9.17) is 19.4 Å². The fourth-order valence-corrected chi connectivity index (χ4v) is 6.67. The molecule has 8 aromatic rings. The van der Waals surface area contributed by atoms with Crippen LogP contribution in [-0.2, 0) is 0 Å². The van der Waals surface area contributed by atoms with Crippen molar-refractivity contribution < 1.29 is 4.42 Å². The van der Waals surface area contributed by atoms with Crippen molar-refractivity contribution in [2.24, 2.45) is 0 Å². The van der Waals surface area contributed by atoms with E-state index < -0.39 is 0 Å². The molecule has 0 spiro atoms. The van der Waals surface area contributed by atoms with Gasteiger partial charge in [-0.1, -0.05) is 146 Å². The van der Waals surface area contributed by atoms with Gasteiger partial charge in [0.05, 0.1) is 0 Å². The molecule has 4 heteroatoms. The van der Waals surface area contributed by atoms with E-state index in [2.05, 4.69) is 91.0 Å². The molecule has 0 amide bonds. The van der Waals surface area contributed by atoms with Crippen LogP contribution in [0.1, 0.15) is 18.4 Å². The highest BCUT2D eigenvalue weighted by Crippen LogP contribution is 2.42. The lowest BCUT2D eigenvalue weighted by Crippen LogP contribution is -2.00. The zero-order valence-electron chi connectivity index (χ0n) is 25.6. The number of aromatic nitrogens is 3. The van der Waals surface area contributed by atoms with Crippen LogP contribution in [0, 0.1) is 0 Å². The average Bonchev–Trinajstić information content (AvgIpc) is 3.55. The number of hydrogen-bond donors (Lipinski definition) is 0. The summed E-state index contributed by atoms with van der Waals surface area (Å²) in [4.78, 5) is 15.0. The van der Waals surface area contributed by atoms with Gasteiger partial charge in [-0.25, -0.2) is 15.0 Å². The number of benzene rings is 6. The Kier molecular flexibility index (Phi) is 6.57. The molecule has 0 bridgehead atoms. The van der Waals surface area contributed by atoms with E-state index in [1.807, 2.05) is 60.7 Å². The predicted octanol–water partition coefficient (Wildman–Crippen LogP) is 11.3. The minimum absolute atomic E-state index is 0.609. The zero-order valence-corrected chi connectivity index (χ0v) is 25.6. The van der Waals surface area contributed by atoms with E-state index in [1.165, 1.54) is 11.1 Å². The number of para-hydroxylation sites is 1. The van der Waals surface area contributed by atoms with Crippen molar-refractivity contribution in [3.05, 3.63) is 157 Å². The summed E-state index contributed by atoms with van der Waals surface area (Å²) in [6.45, 7) is 0. The van der Waals surface area contributed by atoms with Crippen LogP contribution in [0.4, 0.5) is 0 Å². The van der Waals surface area contributed by atoms with E-state index in [0.717, 1.165) is 73.4 Å². The van der Waals surface area contributed by atoms with Crippen LogP contribution in [-0.4, -0.2) is 15.0 Å². The van der Waals surface area contributed by atoms with Crippen molar-refractivity contribution in [1.29, 1.82) is 0 Å². The third-order valence-corrected chi connectivity index (χ3v) is 8.97. The molecule has 222 valence electrons. The number of furan rings is 1. The van der Waals surface area contributed by atoms with Gasteiger partial charge in [0.1, 0.15) is 11.2 Å². The minimum atomic E-state index is 0.609. The van der Waals surface area contributed by atoms with Crippen molar-refractivity contribution in [2.45, 2.75) is 12.8 Å². The summed E-state index contributed by atoms with van der Waals surface area (Å²) >= 11 is 0. The molecule has 9 rings (SSSR count). The van der Waals surface area contributed by atoms with E-state index in [1.54, 1.807) is 0 Å². The molecule has 1 aliphatic carbocycles. The monoisotopic (exact) mass is 603 g/mol. The van der Waals surface area contributed by atoms with Gasteiger partial charge in [0.2, 0.25) is 0 Å². The van der Waals surface area contributed by atoms with Crippen LogP contribution in [0.15, 0.2) is 156 Å². The van der Waals surface area contributed by atoms with E-state index in [9.17, 15) is 0 Å². The molecule has 0 N–H and O–H groups in total. The van der Waals surface area contributed by atoms with Gasteiger partial charge in [-0.3, -0.25) is 0 Å². The van der Waals surface area contributed by atoms with Gasteiger partial charge < -0.3 is 4.42 Å². The quantitative estimate of drug-likeness (QED) is 0.196. The molecular formula is C43H29N3O. The molecule has 6 aromatic carbocycles. The Bertz CT molecular complexity index is 2430. The Balaban J connectivity index is 1.25. The van der Waals surface area contributed by atoms with Crippen LogP contribution >= 0.6 is 0 Å². The summed E-state index contributed by atoms with van der Waals surface area (Å²) < 4.78 is 6.79. The van der Waals surface area contributed by atoms with Crippen molar-refractivity contribution in [2.75, 3.05) is 0 Å². The molecule has 0 saturated heterocycles. The maximum absolute atomic E-state index is 6.79. The maximum atomic E-state index is 6.79. The van der Waals surface area contributed by atoms with Gasteiger partial charge >= 0.3 is 0 Å². The number of nitrogens with zero attached hydrogens (tertiary/aromatic N) is 3. The molecule has 47 heavy (non-hydrogen) atoms. The fourth-order valence-electron chi connectivity index (χ4n) is 6.67. The third-order valence-electron chi connectivity index (χ3n) is 8.97. The molecule has 0 fully saturated rings. The van der Waals surface area contributed by atoms with E-state index in [0.29, 0.717) is 17.5 Å². The molecule has 1 aliphatic rings. The minimum Gasteiger partial charge on any atom is -0.455 e. The van der Waals surface area contributed by atoms with Gasteiger partial charge in [-0.15, -0.1) is 0 Å². The lowest BCUT2D eigenvalue weighted by atomic mass is 9.95. The van der Waals surface area contributed by atoms with Crippen LogP contribution in [0.2, 0.25) is 0 Å². The summed E-state index contributed by atoms with van der Waals surface area (Å²) in [5, 5.41) is 4.35. The van der Waals surface area contributed by atoms with Crippen molar-refractivity contribution >= 4 is 38.3 Å². The summed E-state index contributed by atoms with van der Waals surface area (Å²) in [6.07, 6.45) is 8.99. The standard InChI is InChI=1S/C43H29N3O/c1-4-13-28(14-5-1)29-23-25-30(26-24-29)33-21-12-22-36-39-35-20-11-10-19-34(35)37(27-38(39)47-40(33)36)43-45-41(31-15-6-2-7-16-31)44-42(46-43)32-17-8-3-9-18-32/h2-4,6-27H,1,5H2. The third kappa shape index (κ3) is 4.82. The summed E-state index contributed by atoms with van der Waals surface area (Å²) in [6, 6.07) is 46.0. The van der Waals surface area contributed by atoms with Crippen molar-refractivity contribution in [3.63, 3.8) is 0 Å². The first-order chi connectivity index (χ1) is 23.3. The normalized spacial score (nSPS) is 13.0. The second-order valence-corrected chi connectivity index (χ2v) is 11.9. The molecular weight excluding hydrogens is 574 g/mol. The van der Waals surface area contributed by atoms with Crippen molar-refractivity contribution in [1.82, 2.24) is 15.0 Å². The van der Waals surface area contributed by atoms with Gasteiger partial charge in [0.25, 0.3) is 0 Å². The van der Waals surface area contributed by atoms with Crippen molar-refractivity contribution in [3.8, 4) is 45.3 Å². The number of allylic oxidation sites excluding steroid dienone is 4. The van der Waals surface area contributed by atoms with Gasteiger partial charge in [-0.05, 0) is 46.4 Å². The highest BCUT2D eigenvalue weighted by molar-refractivity contribution is 6.23. The van der Waals surface area contributed by atoms with Crippen LogP contribution in [0.3, 0.4) is 0 Å². The first-order valence-corrected chi connectivity index (χ1v) is 16.0. The Hall–Kier alpha value is -6.13. The van der Waals surface area contributed by atoms with Gasteiger partial charge in [-0.2, -0.15) is 0 Å². The Morgan fingerprint density at radius 2 is 1.09 bits per heavy atom. The highest BCUT2D eigenvalue weighted by Gasteiger charge is 2.20. The Morgan fingerprint density at radius 3 is 1.77 bits per heavy atom. The maximum Gasteiger partial charge on any atom is 0.164 e. The van der Waals surface area contributed by atoms with Crippen LogP contribution in [0.25, 0.3) is 83.6 Å². The zero-order chi connectivity index (χ0) is 31.2. The number of hydrogen-bond acceptors (Lipinski definition) is 4. The molecule has 0 radical (unpaired) electrons. The number of rotatable bonds is 5. The Morgan fingerprint density at radius 1 is 0.468 bits per heavy atom. The van der Waals surface area contributed by atoms with E-state index in [-0.39, 0.29) is 0 Å². The largest absolute Gasteiger partial charge is 0.455 e. The molecule has 2 aromatic heterocycles. The first kappa shape index (κ1) is 27.2. The summed E-state index contributed by atoms with van der Waals surface area (Å²) in [7, 11) is 0. The first-order valence-electron chi connectivity index (χ1n) is 16.0. The second kappa shape index (κ2) is 11.3. The topological polar surface area (TPSA) is 51.8 Å². The van der Waals surface area contributed by atoms with Gasteiger partial charge in [0, 0.05) is 33.0 Å². The number of fused-ring (bicyclic) bond motifs is 5. The molecule has 0 aliphatic heterocycles.